The molecule has 1 amide bonds. The average molecular weight is 489 g/mol. The number of unbranched alkanes of at least 4 members (excludes halogenated alkanes) is 9. The van der Waals surface area contributed by atoms with Crippen LogP contribution in [0.4, 0.5) is 5.95 Å². The molecule has 1 atom stereocenters. The van der Waals surface area contributed by atoms with E-state index in [1.165, 1.54) is 51.4 Å². The highest BCUT2D eigenvalue weighted by atomic mass is 35.5. The van der Waals surface area contributed by atoms with Crippen LogP contribution in [0, 0.1) is 0 Å². The molecule has 182 valence electrons. The summed E-state index contributed by atoms with van der Waals surface area (Å²) in [6.07, 6.45) is 13.6. The molecule has 0 radical (unpaired) electrons. The minimum atomic E-state index is -0.568. The van der Waals surface area contributed by atoms with Crippen LogP contribution < -0.4 is 22.1 Å². The molecule has 6 N–H and O–H groups in total. The zero-order valence-corrected chi connectivity index (χ0v) is 20.6. The number of anilines is 1. The molecule has 11 heteroatoms. The first-order valence-corrected chi connectivity index (χ1v) is 12.3. The number of hydrogen-bond donors (Lipinski definition) is 4. The molecular weight excluding hydrogens is 451 g/mol. The summed E-state index contributed by atoms with van der Waals surface area (Å²) < 4.78 is 0. The first kappa shape index (κ1) is 28.2. The van der Waals surface area contributed by atoms with Crippen LogP contribution in [0.3, 0.4) is 0 Å². The molecule has 9 nitrogen and oxygen atoms in total. The van der Waals surface area contributed by atoms with E-state index >= 15 is 0 Å². The fourth-order valence-electron chi connectivity index (χ4n) is 3.27. The molecule has 0 aliphatic rings. The number of nitrogens with one attached hydrogen (secondary N) is 2. The maximum Gasteiger partial charge on any atom is 0.242 e. The molecule has 0 fully saturated rings. The lowest BCUT2D eigenvalue weighted by molar-refractivity contribution is -0.122. The molecule has 0 saturated heterocycles. The van der Waals surface area contributed by atoms with E-state index in [0.29, 0.717) is 25.9 Å². The summed E-state index contributed by atoms with van der Waals surface area (Å²) in [7, 11) is 0. The standard InChI is InChI=1S/C21H38Cl2N8O/c1-2-3-4-5-6-7-8-9-10-11-14-26-17(32)16(13-12-15-27-20(24)25)28-21-30-18(22)29-19(23)31-21/h16H,2-15H2,1H3,(H,26,32)(H4,24,25,27)(H,28,29,30,31)/t16-/m0/s1. The SMILES string of the molecule is CCCCCCCCCCCCNC(=O)[C@H](CCCN=C(N)N)Nc1nc(Cl)nc(Cl)n1. The van der Waals surface area contributed by atoms with E-state index in [4.69, 9.17) is 34.7 Å². The maximum absolute atomic E-state index is 12.7. The van der Waals surface area contributed by atoms with Gasteiger partial charge in [-0.15, -0.1) is 0 Å². The molecule has 1 heterocycles. The molecule has 0 spiro atoms. The molecular formula is C21H38Cl2N8O. The highest BCUT2D eigenvalue weighted by molar-refractivity contribution is 6.31. The number of carbonyl (C=O) groups is 1. The van der Waals surface area contributed by atoms with Crippen LogP contribution in [0.2, 0.25) is 10.6 Å². The van der Waals surface area contributed by atoms with E-state index in [-0.39, 0.29) is 28.4 Å². The highest BCUT2D eigenvalue weighted by Crippen LogP contribution is 2.13. The number of nitrogens with two attached hydrogens (primary N) is 2. The van der Waals surface area contributed by atoms with Gasteiger partial charge in [0.05, 0.1) is 0 Å². The summed E-state index contributed by atoms with van der Waals surface area (Å²) >= 11 is 11.7. The van der Waals surface area contributed by atoms with Gasteiger partial charge < -0.3 is 22.1 Å². The van der Waals surface area contributed by atoms with Crippen LogP contribution in [0.1, 0.15) is 84.0 Å². The van der Waals surface area contributed by atoms with Crippen LogP contribution in [0.15, 0.2) is 4.99 Å². The zero-order valence-electron chi connectivity index (χ0n) is 19.1. The Morgan fingerprint density at radius 2 is 1.47 bits per heavy atom. The first-order chi connectivity index (χ1) is 15.4. The summed E-state index contributed by atoms with van der Waals surface area (Å²) in [6.45, 7) is 3.28. The van der Waals surface area contributed by atoms with Gasteiger partial charge in [-0.05, 0) is 42.5 Å². The number of nitrogens with zero attached hydrogens (tertiary/aromatic N) is 4. The smallest absolute Gasteiger partial charge is 0.242 e. The van der Waals surface area contributed by atoms with Crippen molar-refractivity contribution >= 4 is 41.0 Å². The lowest BCUT2D eigenvalue weighted by atomic mass is 10.1. The quantitative estimate of drug-likeness (QED) is 0.138. The van der Waals surface area contributed by atoms with Gasteiger partial charge in [0, 0.05) is 13.1 Å². The van der Waals surface area contributed by atoms with E-state index in [9.17, 15) is 4.79 Å². The second-order valence-corrected chi connectivity index (χ2v) is 8.49. The molecule has 0 bridgehead atoms. The molecule has 1 aromatic heterocycles. The summed E-state index contributed by atoms with van der Waals surface area (Å²) in [6, 6.07) is -0.568. The van der Waals surface area contributed by atoms with Crippen LogP contribution >= 0.6 is 23.2 Å². The third-order valence-electron chi connectivity index (χ3n) is 4.98. The fourth-order valence-corrected chi connectivity index (χ4v) is 3.63. The molecule has 0 unspecified atom stereocenters. The molecule has 0 aliphatic carbocycles. The first-order valence-electron chi connectivity index (χ1n) is 11.6. The number of aliphatic imine (C=N–C) groups is 1. The topological polar surface area (TPSA) is 144 Å². The van der Waals surface area contributed by atoms with Crippen LogP contribution in [0.5, 0.6) is 0 Å². The van der Waals surface area contributed by atoms with Crippen molar-refractivity contribution in [3.8, 4) is 0 Å². The molecule has 0 aromatic carbocycles. The van der Waals surface area contributed by atoms with Gasteiger partial charge in [-0.25, -0.2) is 0 Å². The molecule has 32 heavy (non-hydrogen) atoms. The predicted octanol–water partition coefficient (Wildman–Crippen LogP) is 4.05. The van der Waals surface area contributed by atoms with E-state index in [1.54, 1.807) is 0 Å². The van der Waals surface area contributed by atoms with Gasteiger partial charge in [-0.3, -0.25) is 9.79 Å². The van der Waals surface area contributed by atoms with E-state index in [1.807, 2.05) is 0 Å². The molecule has 0 saturated carbocycles. The van der Waals surface area contributed by atoms with Gasteiger partial charge >= 0.3 is 0 Å². The highest BCUT2D eigenvalue weighted by Gasteiger charge is 2.19. The Kier molecular flexibility index (Phi) is 15.5. The average Bonchev–Trinajstić information content (AvgIpc) is 2.73. The number of rotatable bonds is 18. The van der Waals surface area contributed by atoms with Crippen molar-refractivity contribution in [2.45, 2.75) is 90.0 Å². The zero-order chi connectivity index (χ0) is 23.6. The van der Waals surface area contributed by atoms with Crippen molar-refractivity contribution in [3.63, 3.8) is 0 Å². The summed E-state index contributed by atoms with van der Waals surface area (Å²) in [4.78, 5) is 28.3. The van der Waals surface area contributed by atoms with E-state index in [0.717, 1.165) is 12.8 Å². The third kappa shape index (κ3) is 14.2. The lowest BCUT2D eigenvalue weighted by Crippen LogP contribution is -2.40. The Hall–Kier alpha value is -1.87. The Labute approximate surface area is 201 Å². The van der Waals surface area contributed by atoms with Gasteiger partial charge in [0.15, 0.2) is 5.96 Å². The molecule has 1 aromatic rings. The van der Waals surface area contributed by atoms with Crippen LogP contribution in [-0.2, 0) is 4.79 Å². The summed E-state index contributed by atoms with van der Waals surface area (Å²) in [5, 5.41) is 5.88. The third-order valence-corrected chi connectivity index (χ3v) is 5.31. The van der Waals surface area contributed by atoms with E-state index < -0.39 is 6.04 Å². The fraction of sp³-hybridized carbons (Fsp3) is 0.762. The normalized spacial score (nSPS) is 11.7. The Morgan fingerprint density at radius 1 is 0.906 bits per heavy atom. The minimum Gasteiger partial charge on any atom is -0.370 e. The number of hydrogen-bond acceptors (Lipinski definition) is 6. The second-order valence-electron chi connectivity index (χ2n) is 7.82. The van der Waals surface area contributed by atoms with Crippen LogP contribution in [-0.4, -0.2) is 46.0 Å². The maximum atomic E-state index is 12.7. The number of halogens is 2. The van der Waals surface area contributed by atoms with Gasteiger partial charge in [-0.1, -0.05) is 64.7 Å². The Morgan fingerprint density at radius 3 is 2.03 bits per heavy atom. The Balaban J connectivity index is 2.37. The summed E-state index contributed by atoms with van der Waals surface area (Å²) in [5.41, 5.74) is 10.7. The largest absolute Gasteiger partial charge is 0.370 e. The summed E-state index contributed by atoms with van der Waals surface area (Å²) in [5.74, 6) is 0.0326. The van der Waals surface area contributed by atoms with Crippen molar-refractivity contribution in [2.24, 2.45) is 16.5 Å². The minimum absolute atomic E-state index is 0.0240. The van der Waals surface area contributed by atoms with Crippen molar-refractivity contribution < 1.29 is 4.79 Å². The van der Waals surface area contributed by atoms with Crippen molar-refractivity contribution in [1.29, 1.82) is 0 Å². The molecule has 0 aliphatic heterocycles. The van der Waals surface area contributed by atoms with Crippen molar-refractivity contribution in [1.82, 2.24) is 20.3 Å². The second kappa shape index (κ2) is 17.7. The number of amides is 1. The Bertz CT molecular complexity index is 666. The van der Waals surface area contributed by atoms with Crippen molar-refractivity contribution in [3.05, 3.63) is 10.6 Å². The van der Waals surface area contributed by atoms with Gasteiger partial charge in [0.2, 0.25) is 22.4 Å². The van der Waals surface area contributed by atoms with Gasteiger partial charge in [-0.2, -0.15) is 15.0 Å². The van der Waals surface area contributed by atoms with E-state index in [2.05, 4.69) is 37.5 Å². The number of guanidine groups is 1. The van der Waals surface area contributed by atoms with Gasteiger partial charge in [0.1, 0.15) is 6.04 Å². The van der Waals surface area contributed by atoms with Crippen molar-refractivity contribution in [2.75, 3.05) is 18.4 Å². The number of carbonyl (C=O) groups excluding carboxylic acids is 1. The van der Waals surface area contributed by atoms with Gasteiger partial charge in [0.25, 0.3) is 0 Å². The lowest BCUT2D eigenvalue weighted by Gasteiger charge is -2.18. The van der Waals surface area contributed by atoms with Crippen LogP contribution in [0.25, 0.3) is 0 Å². The predicted molar refractivity (Wildman–Crippen MR) is 132 cm³/mol. The number of aromatic nitrogens is 3. The monoisotopic (exact) mass is 488 g/mol. The molecule has 1 rings (SSSR count).